The van der Waals surface area contributed by atoms with Gasteiger partial charge in [-0.25, -0.2) is 4.68 Å². The molecule has 2 heteroatoms. The summed E-state index contributed by atoms with van der Waals surface area (Å²) in [4.78, 5) is 0. The normalized spacial score (nSPS) is 11.2. The lowest BCUT2D eigenvalue weighted by Crippen LogP contribution is -1.95. The van der Waals surface area contributed by atoms with Gasteiger partial charge in [-0.05, 0) is 17.5 Å². The van der Waals surface area contributed by atoms with Crippen molar-refractivity contribution >= 4 is 21.7 Å². The minimum absolute atomic E-state index is 1.02. The lowest BCUT2D eigenvalue weighted by Gasteiger charge is -2.05. The van der Waals surface area contributed by atoms with Crippen molar-refractivity contribution in [2.45, 2.75) is 0 Å². The molecule has 0 aliphatic carbocycles. The first kappa shape index (κ1) is 10.3. The smallest absolute Gasteiger partial charge is 0.0927 e. The number of nitrogens with zero attached hydrogens (tertiary/aromatic N) is 2. The van der Waals surface area contributed by atoms with Crippen molar-refractivity contribution in [2.24, 2.45) is 0 Å². The molecule has 0 aliphatic rings. The Morgan fingerprint density at radius 2 is 1.42 bits per heavy atom. The maximum atomic E-state index is 4.65. The maximum absolute atomic E-state index is 4.65. The molecular weight excluding hydrogens is 232 g/mol. The van der Waals surface area contributed by atoms with Crippen molar-refractivity contribution in [1.82, 2.24) is 9.78 Å². The van der Waals surface area contributed by atoms with Crippen LogP contribution in [0.3, 0.4) is 0 Å². The second-order valence-electron chi connectivity index (χ2n) is 4.63. The highest BCUT2D eigenvalue weighted by Crippen LogP contribution is 2.23. The molecule has 1 aromatic heterocycles. The van der Waals surface area contributed by atoms with Crippen LogP contribution in [0, 0.1) is 0 Å². The topological polar surface area (TPSA) is 17.8 Å². The van der Waals surface area contributed by atoms with Crippen LogP contribution in [0.5, 0.6) is 0 Å². The Bertz CT molecular complexity index is 836. The molecule has 0 unspecified atom stereocenters. The Labute approximate surface area is 110 Å². The fraction of sp³-hybridized carbons (Fsp3) is 0. The second-order valence-corrected chi connectivity index (χ2v) is 4.63. The van der Waals surface area contributed by atoms with Crippen molar-refractivity contribution in [1.29, 1.82) is 0 Å². The Hall–Kier alpha value is -2.61. The van der Waals surface area contributed by atoms with E-state index < -0.39 is 0 Å². The van der Waals surface area contributed by atoms with Crippen molar-refractivity contribution in [3.05, 3.63) is 72.9 Å². The summed E-state index contributed by atoms with van der Waals surface area (Å²) in [5.41, 5.74) is 2.14. The van der Waals surface area contributed by atoms with E-state index in [1.807, 2.05) is 22.9 Å². The summed E-state index contributed by atoms with van der Waals surface area (Å²) in [7, 11) is 0. The standard InChI is InChI=1S/C17H12N2/c1-3-9-15-13(6-1)8-5-11-17(15)19-12-14-7-2-4-10-16(14)18-19/h1-12H. The fourth-order valence-electron chi connectivity index (χ4n) is 2.50. The van der Waals surface area contributed by atoms with Crippen molar-refractivity contribution in [3.8, 4) is 5.69 Å². The molecule has 0 radical (unpaired) electrons. The summed E-state index contributed by atoms with van der Waals surface area (Å²) in [6.45, 7) is 0. The summed E-state index contributed by atoms with van der Waals surface area (Å²) < 4.78 is 1.97. The van der Waals surface area contributed by atoms with Crippen LogP contribution in [-0.4, -0.2) is 9.78 Å². The Morgan fingerprint density at radius 1 is 0.684 bits per heavy atom. The molecule has 19 heavy (non-hydrogen) atoms. The van der Waals surface area contributed by atoms with Crippen molar-refractivity contribution in [2.75, 3.05) is 0 Å². The maximum Gasteiger partial charge on any atom is 0.0927 e. The van der Waals surface area contributed by atoms with Gasteiger partial charge in [0, 0.05) is 17.0 Å². The lowest BCUT2D eigenvalue weighted by molar-refractivity contribution is 0.904. The molecule has 2 nitrogen and oxygen atoms in total. The average Bonchev–Trinajstić information content (AvgIpc) is 2.90. The predicted octanol–water partition coefficient (Wildman–Crippen LogP) is 4.18. The van der Waals surface area contributed by atoms with Gasteiger partial charge in [0.2, 0.25) is 0 Å². The highest BCUT2D eigenvalue weighted by molar-refractivity contribution is 5.90. The number of hydrogen-bond acceptors (Lipinski definition) is 1. The van der Waals surface area contributed by atoms with E-state index in [0.717, 1.165) is 16.6 Å². The Morgan fingerprint density at radius 3 is 2.32 bits per heavy atom. The molecule has 0 bridgehead atoms. The first-order chi connectivity index (χ1) is 9.42. The van der Waals surface area contributed by atoms with Crippen molar-refractivity contribution < 1.29 is 0 Å². The van der Waals surface area contributed by atoms with Crippen LogP contribution in [0.2, 0.25) is 0 Å². The summed E-state index contributed by atoms with van der Waals surface area (Å²) in [6, 6.07) is 22.9. The van der Waals surface area contributed by atoms with E-state index >= 15 is 0 Å². The Balaban J connectivity index is 2.03. The van der Waals surface area contributed by atoms with E-state index in [-0.39, 0.29) is 0 Å². The van der Waals surface area contributed by atoms with Gasteiger partial charge in [-0.2, -0.15) is 5.10 Å². The largest absolute Gasteiger partial charge is 0.239 e. The molecule has 1 heterocycles. The molecule has 0 spiro atoms. The minimum Gasteiger partial charge on any atom is -0.239 e. The van der Waals surface area contributed by atoms with Crippen LogP contribution in [0.15, 0.2) is 72.9 Å². The van der Waals surface area contributed by atoms with Crippen molar-refractivity contribution in [3.63, 3.8) is 0 Å². The van der Waals surface area contributed by atoms with E-state index in [2.05, 4.69) is 59.8 Å². The molecule has 0 atom stereocenters. The summed E-state index contributed by atoms with van der Waals surface area (Å²) in [6.07, 6.45) is 2.08. The molecule has 0 N–H and O–H groups in total. The van der Waals surface area contributed by atoms with E-state index in [1.54, 1.807) is 0 Å². The van der Waals surface area contributed by atoms with Gasteiger partial charge in [0.15, 0.2) is 0 Å². The molecule has 0 saturated heterocycles. The van der Waals surface area contributed by atoms with Gasteiger partial charge in [0.25, 0.3) is 0 Å². The zero-order chi connectivity index (χ0) is 12.7. The number of rotatable bonds is 1. The van der Waals surface area contributed by atoms with Gasteiger partial charge < -0.3 is 0 Å². The fourth-order valence-corrected chi connectivity index (χ4v) is 2.50. The second kappa shape index (κ2) is 3.95. The van der Waals surface area contributed by atoms with E-state index in [1.165, 1.54) is 10.8 Å². The van der Waals surface area contributed by atoms with Gasteiger partial charge in [-0.1, -0.05) is 54.6 Å². The highest BCUT2D eigenvalue weighted by Gasteiger charge is 2.05. The molecule has 4 rings (SSSR count). The van der Waals surface area contributed by atoms with Gasteiger partial charge >= 0.3 is 0 Å². The van der Waals surface area contributed by atoms with Gasteiger partial charge in [-0.3, -0.25) is 0 Å². The third-order valence-electron chi connectivity index (χ3n) is 3.43. The quantitative estimate of drug-likeness (QED) is 0.491. The Kier molecular flexibility index (Phi) is 2.15. The monoisotopic (exact) mass is 244 g/mol. The summed E-state index contributed by atoms with van der Waals surface area (Å²) in [5.74, 6) is 0. The van der Waals surface area contributed by atoms with Crippen LogP contribution in [0.1, 0.15) is 0 Å². The molecule has 0 saturated carbocycles. The molecule has 0 aliphatic heterocycles. The van der Waals surface area contributed by atoms with E-state index in [4.69, 9.17) is 0 Å². The van der Waals surface area contributed by atoms with Crippen LogP contribution in [-0.2, 0) is 0 Å². The van der Waals surface area contributed by atoms with Gasteiger partial charge in [-0.15, -0.1) is 0 Å². The summed E-state index contributed by atoms with van der Waals surface area (Å²) in [5, 5.41) is 8.27. The number of fused-ring (bicyclic) bond motifs is 2. The molecule has 0 fully saturated rings. The first-order valence-electron chi connectivity index (χ1n) is 6.34. The third-order valence-corrected chi connectivity index (χ3v) is 3.43. The number of benzene rings is 3. The number of aromatic nitrogens is 2. The zero-order valence-electron chi connectivity index (χ0n) is 10.3. The van der Waals surface area contributed by atoms with E-state index in [0.29, 0.717) is 0 Å². The third kappa shape index (κ3) is 1.61. The zero-order valence-corrected chi connectivity index (χ0v) is 10.3. The highest BCUT2D eigenvalue weighted by atomic mass is 15.3. The van der Waals surface area contributed by atoms with Crippen LogP contribution in [0.25, 0.3) is 27.4 Å². The minimum atomic E-state index is 1.02. The number of hydrogen-bond donors (Lipinski definition) is 0. The van der Waals surface area contributed by atoms with Crippen LogP contribution in [0.4, 0.5) is 0 Å². The summed E-state index contributed by atoms with van der Waals surface area (Å²) >= 11 is 0. The predicted molar refractivity (Wildman–Crippen MR) is 78.6 cm³/mol. The molecule has 90 valence electrons. The average molecular weight is 244 g/mol. The molecule has 0 amide bonds. The molecule has 3 aromatic carbocycles. The first-order valence-corrected chi connectivity index (χ1v) is 6.34. The van der Waals surface area contributed by atoms with Crippen LogP contribution >= 0.6 is 0 Å². The molecule has 4 aromatic rings. The van der Waals surface area contributed by atoms with Gasteiger partial charge in [0.05, 0.1) is 11.2 Å². The van der Waals surface area contributed by atoms with Gasteiger partial charge in [0.1, 0.15) is 0 Å². The molecular formula is C17H12N2. The van der Waals surface area contributed by atoms with E-state index in [9.17, 15) is 0 Å². The SMILES string of the molecule is c1ccc2nn(-c3cccc4ccccc34)cc2c1. The lowest BCUT2D eigenvalue weighted by atomic mass is 10.1. The van der Waals surface area contributed by atoms with Crippen LogP contribution < -0.4 is 0 Å².